The Morgan fingerprint density at radius 3 is 2.35 bits per heavy atom. The Morgan fingerprint density at radius 1 is 1.10 bits per heavy atom. The van der Waals surface area contributed by atoms with Crippen LogP contribution in [0.2, 0.25) is 0 Å². The third-order valence-corrected chi connectivity index (χ3v) is 4.48. The molecule has 1 amide bonds. The SMILES string of the molecule is Cc1ccc(OCCN(C)C(=O)C(Cc2ccccc2)N/C=C/C(=O)C(F)(F)F)cc1. The molecule has 8 heteroatoms. The van der Waals surface area contributed by atoms with Crippen LogP contribution >= 0.6 is 0 Å². The molecule has 1 N–H and O–H groups in total. The number of carbonyl (C=O) groups excluding carboxylic acids is 2. The third-order valence-electron chi connectivity index (χ3n) is 4.48. The smallest absolute Gasteiger partial charge is 0.454 e. The molecule has 0 aromatic heterocycles. The fourth-order valence-electron chi connectivity index (χ4n) is 2.71. The first kappa shape index (κ1) is 24.0. The van der Waals surface area contributed by atoms with Crippen molar-refractivity contribution in [1.82, 2.24) is 10.2 Å². The summed E-state index contributed by atoms with van der Waals surface area (Å²) in [5, 5.41) is 2.63. The Morgan fingerprint density at radius 2 is 1.74 bits per heavy atom. The van der Waals surface area contributed by atoms with Gasteiger partial charge in [0.05, 0.1) is 6.54 Å². The number of nitrogens with zero attached hydrogens (tertiary/aromatic N) is 1. The van der Waals surface area contributed by atoms with E-state index in [0.717, 1.165) is 17.3 Å². The van der Waals surface area contributed by atoms with Gasteiger partial charge in [0.1, 0.15) is 18.4 Å². The van der Waals surface area contributed by atoms with Gasteiger partial charge in [0.15, 0.2) is 0 Å². The molecule has 0 spiro atoms. The van der Waals surface area contributed by atoms with E-state index in [2.05, 4.69) is 5.32 Å². The summed E-state index contributed by atoms with van der Waals surface area (Å²) in [4.78, 5) is 25.4. The zero-order chi connectivity index (χ0) is 22.9. The second-order valence-electron chi connectivity index (χ2n) is 7.03. The first-order valence-corrected chi connectivity index (χ1v) is 9.69. The lowest BCUT2D eigenvalue weighted by atomic mass is 10.0. The molecule has 166 valence electrons. The molecule has 31 heavy (non-hydrogen) atoms. The van der Waals surface area contributed by atoms with Gasteiger partial charge in [-0.25, -0.2) is 0 Å². The van der Waals surface area contributed by atoms with Gasteiger partial charge < -0.3 is 15.0 Å². The normalized spacial score (nSPS) is 12.4. The molecule has 0 heterocycles. The molecule has 1 atom stereocenters. The van der Waals surface area contributed by atoms with Crippen LogP contribution < -0.4 is 10.1 Å². The minimum absolute atomic E-state index is 0.243. The third kappa shape index (κ3) is 8.16. The molecule has 2 rings (SSSR count). The summed E-state index contributed by atoms with van der Waals surface area (Å²) < 4.78 is 42.8. The number of alkyl halides is 3. The van der Waals surface area contributed by atoms with Crippen molar-refractivity contribution < 1.29 is 27.5 Å². The number of aryl methyl sites for hydroxylation is 1. The van der Waals surface area contributed by atoms with E-state index in [9.17, 15) is 22.8 Å². The fraction of sp³-hybridized carbons (Fsp3) is 0.304. The highest BCUT2D eigenvalue weighted by Gasteiger charge is 2.36. The first-order chi connectivity index (χ1) is 14.7. The maximum atomic E-state index is 12.9. The molecule has 2 aromatic carbocycles. The standard InChI is InChI=1S/C23H25F3N2O3/c1-17-8-10-19(11-9-17)31-15-14-28(2)22(30)20(16-18-6-4-3-5-7-18)27-13-12-21(29)23(24,25)26/h3-13,20,27H,14-16H2,1-2H3/b13-12+. The van der Waals surface area contributed by atoms with E-state index in [4.69, 9.17) is 4.74 Å². The van der Waals surface area contributed by atoms with Gasteiger partial charge >= 0.3 is 6.18 Å². The number of nitrogens with one attached hydrogen (secondary N) is 1. The number of rotatable bonds is 10. The lowest BCUT2D eigenvalue weighted by Crippen LogP contribution is -2.45. The van der Waals surface area contributed by atoms with Gasteiger partial charge in [0.2, 0.25) is 5.91 Å². The van der Waals surface area contributed by atoms with Crippen LogP contribution in [-0.2, 0) is 16.0 Å². The topological polar surface area (TPSA) is 58.6 Å². The molecular formula is C23H25F3N2O3. The predicted octanol–water partition coefficient (Wildman–Crippen LogP) is 3.68. The van der Waals surface area contributed by atoms with Crippen molar-refractivity contribution in [1.29, 1.82) is 0 Å². The molecule has 0 aliphatic rings. The maximum absolute atomic E-state index is 12.9. The van der Waals surface area contributed by atoms with Gasteiger partial charge in [-0.3, -0.25) is 9.59 Å². The Labute approximate surface area is 179 Å². The van der Waals surface area contributed by atoms with Crippen LogP contribution in [0, 0.1) is 6.92 Å². The number of amides is 1. The minimum atomic E-state index is -4.96. The van der Waals surface area contributed by atoms with Crippen LogP contribution in [0.5, 0.6) is 5.75 Å². The molecule has 0 aliphatic heterocycles. The molecule has 0 fully saturated rings. The summed E-state index contributed by atoms with van der Waals surface area (Å²) in [6.45, 7) is 2.50. The highest BCUT2D eigenvalue weighted by Crippen LogP contribution is 2.16. The van der Waals surface area contributed by atoms with Crippen molar-refractivity contribution in [2.75, 3.05) is 20.2 Å². The van der Waals surface area contributed by atoms with Crippen LogP contribution in [0.15, 0.2) is 66.9 Å². The number of benzene rings is 2. The van der Waals surface area contributed by atoms with Gasteiger partial charge in [-0.15, -0.1) is 0 Å². The summed E-state index contributed by atoms with van der Waals surface area (Å²) in [5.74, 6) is -1.65. The van der Waals surface area contributed by atoms with Crippen LogP contribution in [0.1, 0.15) is 11.1 Å². The molecule has 0 bridgehead atoms. The van der Waals surface area contributed by atoms with Gasteiger partial charge in [-0.1, -0.05) is 48.0 Å². The van der Waals surface area contributed by atoms with E-state index < -0.39 is 18.0 Å². The number of hydrogen-bond acceptors (Lipinski definition) is 4. The summed E-state index contributed by atoms with van der Waals surface area (Å²) >= 11 is 0. The number of allylic oxidation sites excluding steroid dienone is 1. The van der Waals surface area contributed by atoms with E-state index >= 15 is 0 Å². The Hall–Kier alpha value is -3.29. The largest absolute Gasteiger partial charge is 0.492 e. The van der Waals surface area contributed by atoms with Crippen molar-refractivity contribution in [3.63, 3.8) is 0 Å². The minimum Gasteiger partial charge on any atom is -0.492 e. The van der Waals surface area contributed by atoms with Gasteiger partial charge in [-0.05, 0) is 24.6 Å². The Bertz CT molecular complexity index is 881. The summed E-state index contributed by atoms with van der Waals surface area (Å²) in [7, 11) is 1.59. The zero-order valence-electron chi connectivity index (χ0n) is 17.4. The van der Waals surface area contributed by atoms with Gasteiger partial charge in [0, 0.05) is 25.7 Å². The number of ether oxygens (including phenoxy) is 1. The van der Waals surface area contributed by atoms with E-state index in [1.165, 1.54) is 4.90 Å². The van der Waals surface area contributed by atoms with E-state index in [1.54, 1.807) is 19.2 Å². The molecule has 0 radical (unpaired) electrons. The van der Waals surface area contributed by atoms with E-state index in [0.29, 0.717) is 11.8 Å². The molecule has 0 saturated heterocycles. The van der Waals surface area contributed by atoms with Crippen molar-refractivity contribution in [3.05, 3.63) is 78.0 Å². The average molecular weight is 434 g/mol. The van der Waals surface area contributed by atoms with Gasteiger partial charge in [-0.2, -0.15) is 13.2 Å². The molecule has 5 nitrogen and oxygen atoms in total. The second-order valence-corrected chi connectivity index (χ2v) is 7.03. The summed E-state index contributed by atoms with van der Waals surface area (Å²) in [6.07, 6.45) is -3.46. The lowest BCUT2D eigenvalue weighted by molar-refractivity contribution is -0.165. The highest BCUT2D eigenvalue weighted by molar-refractivity contribution is 5.94. The van der Waals surface area contributed by atoms with Crippen LogP contribution in [0.3, 0.4) is 0 Å². The summed E-state index contributed by atoms with van der Waals surface area (Å²) in [6, 6.07) is 15.7. The number of halogens is 3. The monoisotopic (exact) mass is 434 g/mol. The molecular weight excluding hydrogens is 409 g/mol. The highest BCUT2D eigenvalue weighted by atomic mass is 19.4. The quantitative estimate of drug-likeness (QED) is 0.580. The average Bonchev–Trinajstić information content (AvgIpc) is 2.73. The molecule has 0 aliphatic carbocycles. The molecule has 1 unspecified atom stereocenters. The van der Waals surface area contributed by atoms with Crippen molar-refractivity contribution >= 4 is 11.7 Å². The number of hydrogen-bond donors (Lipinski definition) is 1. The number of carbonyl (C=O) groups is 2. The maximum Gasteiger partial charge on any atom is 0.454 e. The second kappa shape index (κ2) is 11.2. The lowest BCUT2D eigenvalue weighted by Gasteiger charge is -2.24. The Balaban J connectivity index is 1.99. The molecule has 0 saturated carbocycles. The van der Waals surface area contributed by atoms with Crippen LogP contribution in [-0.4, -0.2) is 49.0 Å². The van der Waals surface area contributed by atoms with Crippen molar-refractivity contribution in [3.8, 4) is 5.75 Å². The fourth-order valence-corrected chi connectivity index (χ4v) is 2.71. The molecule has 2 aromatic rings. The van der Waals surface area contributed by atoms with Crippen molar-refractivity contribution in [2.24, 2.45) is 0 Å². The Kier molecular flexibility index (Phi) is 8.66. The van der Waals surface area contributed by atoms with E-state index in [-0.39, 0.29) is 25.5 Å². The van der Waals surface area contributed by atoms with Crippen molar-refractivity contribution in [2.45, 2.75) is 25.6 Å². The predicted molar refractivity (Wildman–Crippen MR) is 112 cm³/mol. The van der Waals surface area contributed by atoms with E-state index in [1.807, 2.05) is 49.4 Å². The summed E-state index contributed by atoms with van der Waals surface area (Å²) in [5.41, 5.74) is 1.93. The van der Waals surface area contributed by atoms with Crippen LogP contribution in [0.4, 0.5) is 13.2 Å². The number of ketones is 1. The van der Waals surface area contributed by atoms with Crippen LogP contribution in [0.25, 0.3) is 0 Å². The zero-order valence-corrected chi connectivity index (χ0v) is 17.4. The van der Waals surface area contributed by atoms with Gasteiger partial charge in [0.25, 0.3) is 5.78 Å². The number of likely N-dealkylation sites (N-methyl/N-ethyl adjacent to an activating group) is 1. The first-order valence-electron chi connectivity index (χ1n) is 9.69.